The molecule has 128 valence electrons. The number of H-pyrrole nitrogens is 1. The van der Waals surface area contributed by atoms with Gasteiger partial charge in [0.15, 0.2) is 5.82 Å². The topological polar surface area (TPSA) is 64.4 Å². The van der Waals surface area contributed by atoms with E-state index in [0.29, 0.717) is 16.3 Å². The molecule has 0 unspecified atom stereocenters. The zero-order valence-electron chi connectivity index (χ0n) is 14.2. The monoisotopic (exact) mass is 354 g/mol. The minimum Gasteiger partial charge on any atom is -0.497 e. The molecule has 0 bridgehead atoms. The molecule has 0 saturated carbocycles. The zero-order chi connectivity index (χ0) is 17.8. The Morgan fingerprint density at radius 3 is 2.56 bits per heavy atom. The van der Waals surface area contributed by atoms with E-state index < -0.39 is 0 Å². The van der Waals surface area contributed by atoms with Gasteiger partial charge in [0, 0.05) is 11.1 Å². The van der Waals surface area contributed by atoms with Crippen LogP contribution >= 0.6 is 12.2 Å². The number of hydrogen-bond donors (Lipinski definition) is 1. The smallest absolute Gasteiger partial charge is 0.216 e. The second-order valence-electron chi connectivity index (χ2n) is 5.38. The van der Waals surface area contributed by atoms with E-state index in [9.17, 15) is 0 Å². The van der Waals surface area contributed by atoms with Crippen molar-refractivity contribution in [1.29, 1.82) is 0 Å². The normalized spacial score (nSPS) is 11.0. The van der Waals surface area contributed by atoms with Gasteiger partial charge in [0.2, 0.25) is 4.77 Å². The third kappa shape index (κ3) is 3.61. The van der Waals surface area contributed by atoms with Gasteiger partial charge in [0.25, 0.3) is 0 Å². The molecule has 3 aromatic rings. The zero-order valence-corrected chi connectivity index (χ0v) is 15.0. The van der Waals surface area contributed by atoms with Crippen molar-refractivity contribution in [2.24, 2.45) is 5.10 Å². The number of hydrogen-bond acceptors (Lipinski definition) is 5. The molecular weight excluding hydrogens is 336 g/mol. The molecule has 1 aromatic heterocycles. The summed E-state index contributed by atoms with van der Waals surface area (Å²) in [4.78, 5) is 0. The van der Waals surface area contributed by atoms with E-state index in [4.69, 9.17) is 21.7 Å². The Hall–Kier alpha value is -2.93. The molecule has 3 rings (SSSR count). The summed E-state index contributed by atoms with van der Waals surface area (Å²) in [5, 5.41) is 11.5. The fourth-order valence-corrected chi connectivity index (χ4v) is 2.53. The quantitative estimate of drug-likeness (QED) is 0.559. The van der Waals surface area contributed by atoms with E-state index in [1.54, 1.807) is 25.1 Å². The van der Waals surface area contributed by atoms with Crippen LogP contribution in [0.1, 0.15) is 11.1 Å². The van der Waals surface area contributed by atoms with Gasteiger partial charge < -0.3 is 9.47 Å². The van der Waals surface area contributed by atoms with Crippen LogP contribution in [0.25, 0.3) is 11.4 Å². The van der Waals surface area contributed by atoms with Crippen LogP contribution in [0.3, 0.4) is 0 Å². The first-order valence-corrected chi connectivity index (χ1v) is 8.04. The summed E-state index contributed by atoms with van der Waals surface area (Å²) in [7, 11) is 3.23. The Morgan fingerprint density at radius 1 is 1.12 bits per heavy atom. The van der Waals surface area contributed by atoms with Crippen LogP contribution in [0.5, 0.6) is 11.5 Å². The number of aromatic amines is 1. The van der Waals surface area contributed by atoms with Crippen molar-refractivity contribution in [3.05, 3.63) is 58.4 Å². The van der Waals surface area contributed by atoms with Crippen LogP contribution in [-0.2, 0) is 0 Å². The Morgan fingerprint density at radius 2 is 1.88 bits per heavy atom. The van der Waals surface area contributed by atoms with E-state index in [1.807, 2.05) is 49.4 Å². The summed E-state index contributed by atoms with van der Waals surface area (Å²) in [6.07, 6.45) is 1.67. The maximum atomic E-state index is 5.37. The molecular formula is C18H18N4O2S. The lowest BCUT2D eigenvalue weighted by molar-refractivity contribution is 0.402. The minimum absolute atomic E-state index is 0.411. The first-order valence-electron chi connectivity index (χ1n) is 7.63. The van der Waals surface area contributed by atoms with E-state index in [-0.39, 0.29) is 0 Å². The first-order chi connectivity index (χ1) is 12.1. The highest BCUT2D eigenvalue weighted by Gasteiger charge is 2.08. The molecule has 1 heterocycles. The van der Waals surface area contributed by atoms with Gasteiger partial charge in [-0.1, -0.05) is 29.8 Å². The molecule has 0 fully saturated rings. The summed E-state index contributed by atoms with van der Waals surface area (Å²) >= 11 is 5.30. The highest BCUT2D eigenvalue weighted by atomic mass is 32.1. The summed E-state index contributed by atoms with van der Waals surface area (Å²) in [6.45, 7) is 2.04. The van der Waals surface area contributed by atoms with Gasteiger partial charge in [0.1, 0.15) is 11.5 Å². The first kappa shape index (κ1) is 16.9. The van der Waals surface area contributed by atoms with Crippen molar-refractivity contribution in [3.8, 4) is 22.9 Å². The Bertz CT molecular complexity index is 958. The lowest BCUT2D eigenvalue weighted by atomic mass is 10.1. The molecule has 0 atom stereocenters. The second kappa shape index (κ2) is 7.31. The Balaban J connectivity index is 2.01. The van der Waals surface area contributed by atoms with Crippen LogP contribution in [0.15, 0.2) is 47.6 Å². The van der Waals surface area contributed by atoms with Gasteiger partial charge in [-0.2, -0.15) is 14.9 Å². The fraction of sp³-hybridized carbons (Fsp3) is 0.167. The van der Waals surface area contributed by atoms with E-state index in [1.165, 1.54) is 5.56 Å². The number of ether oxygens (including phenoxy) is 2. The minimum atomic E-state index is 0.411. The van der Waals surface area contributed by atoms with Crippen molar-refractivity contribution in [1.82, 2.24) is 14.9 Å². The lowest BCUT2D eigenvalue weighted by Gasteiger charge is -2.07. The number of nitrogens with one attached hydrogen (secondary N) is 1. The van der Waals surface area contributed by atoms with Gasteiger partial charge in [-0.15, -0.1) is 0 Å². The standard InChI is InChI=1S/C18H18N4O2S/c1-12-4-6-13(7-5-12)17-20-21-18(25)22(17)19-11-14-10-15(23-2)8-9-16(14)24-3/h4-11H,1-3H3,(H,21,25)/b19-11+. The summed E-state index contributed by atoms with van der Waals surface area (Å²) in [5.74, 6) is 2.05. The molecule has 6 nitrogen and oxygen atoms in total. The van der Waals surface area contributed by atoms with Crippen LogP contribution < -0.4 is 9.47 Å². The molecule has 0 aliphatic heterocycles. The molecule has 7 heteroatoms. The van der Waals surface area contributed by atoms with Crippen molar-refractivity contribution < 1.29 is 9.47 Å². The summed E-state index contributed by atoms with van der Waals surface area (Å²) in [6, 6.07) is 13.5. The summed E-state index contributed by atoms with van der Waals surface area (Å²) < 4.78 is 12.6. The van der Waals surface area contributed by atoms with E-state index in [0.717, 1.165) is 16.9 Å². The molecule has 0 radical (unpaired) electrons. The highest BCUT2D eigenvalue weighted by Crippen LogP contribution is 2.23. The maximum Gasteiger partial charge on any atom is 0.216 e. The average molecular weight is 354 g/mol. The van der Waals surface area contributed by atoms with Gasteiger partial charge in [-0.05, 0) is 37.3 Å². The van der Waals surface area contributed by atoms with Crippen molar-refractivity contribution in [2.45, 2.75) is 6.92 Å². The van der Waals surface area contributed by atoms with Gasteiger partial charge >= 0.3 is 0 Å². The molecule has 0 aliphatic carbocycles. The second-order valence-corrected chi connectivity index (χ2v) is 5.77. The molecule has 0 saturated heterocycles. The number of benzene rings is 2. The van der Waals surface area contributed by atoms with E-state index in [2.05, 4.69) is 15.3 Å². The molecule has 2 aromatic carbocycles. The molecule has 0 amide bonds. The van der Waals surface area contributed by atoms with Crippen LogP contribution in [0, 0.1) is 11.7 Å². The predicted octanol–water partition coefficient (Wildman–Crippen LogP) is 3.82. The molecule has 1 N–H and O–H groups in total. The van der Waals surface area contributed by atoms with Crippen LogP contribution in [0.4, 0.5) is 0 Å². The van der Waals surface area contributed by atoms with Gasteiger partial charge in [0.05, 0.1) is 20.4 Å². The fourth-order valence-electron chi connectivity index (χ4n) is 2.35. The third-order valence-electron chi connectivity index (χ3n) is 3.71. The number of rotatable bonds is 5. The third-order valence-corrected chi connectivity index (χ3v) is 3.97. The van der Waals surface area contributed by atoms with Crippen molar-refractivity contribution >= 4 is 18.4 Å². The largest absolute Gasteiger partial charge is 0.497 e. The maximum absolute atomic E-state index is 5.37. The number of nitrogens with zero attached hydrogens (tertiary/aromatic N) is 3. The SMILES string of the molecule is COc1ccc(OC)c(/C=N/n2c(-c3ccc(C)cc3)n[nH]c2=S)c1. The molecule has 0 aliphatic rings. The van der Waals surface area contributed by atoms with Crippen molar-refractivity contribution in [2.75, 3.05) is 14.2 Å². The van der Waals surface area contributed by atoms with Crippen molar-refractivity contribution in [3.63, 3.8) is 0 Å². The van der Waals surface area contributed by atoms with Gasteiger partial charge in [-0.3, -0.25) is 0 Å². The van der Waals surface area contributed by atoms with Gasteiger partial charge in [-0.25, -0.2) is 5.10 Å². The van der Waals surface area contributed by atoms with Crippen LogP contribution in [-0.4, -0.2) is 35.3 Å². The van der Waals surface area contributed by atoms with Crippen LogP contribution in [0.2, 0.25) is 0 Å². The number of aryl methyl sites for hydroxylation is 1. The average Bonchev–Trinajstić information content (AvgIpc) is 3.01. The van der Waals surface area contributed by atoms with E-state index >= 15 is 0 Å². The number of methoxy groups -OCH3 is 2. The summed E-state index contributed by atoms with van der Waals surface area (Å²) in [5.41, 5.74) is 2.88. The molecule has 0 spiro atoms. The highest BCUT2D eigenvalue weighted by molar-refractivity contribution is 7.71. The molecule has 25 heavy (non-hydrogen) atoms. The number of aromatic nitrogens is 3. The predicted molar refractivity (Wildman–Crippen MR) is 100 cm³/mol. The Labute approximate surface area is 150 Å². The Kier molecular flexibility index (Phi) is 4.95. The lowest BCUT2D eigenvalue weighted by Crippen LogP contribution is -1.97.